The van der Waals surface area contributed by atoms with Crippen molar-refractivity contribution in [1.82, 2.24) is 5.32 Å². The van der Waals surface area contributed by atoms with Gasteiger partial charge in [-0.1, -0.05) is 34.6 Å². The van der Waals surface area contributed by atoms with Crippen molar-refractivity contribution in [3.8, 4) is 5.75 Å². The second-order valence-electron chi connectivity index (χ2n) is 7.24. The molecule has 1 atom stereocenters. The van der Waals surface area contributed by atoms with Crippen molar-refractivity contribution in [2.75, 3.05) is 13.7 Å². The highest BCUT2D eigenvalue weighted by Gasteiger charge is 2.67. The minimum Gasteiger partial charge on any atom is -0.496 e. The average Bonchev–Trinajstić information content (AvgIpc) is 2.82. The van der Waals surface area contributed by atoms with Crippen molar-refractivity contribution in [3.63, 3.8) is 0 Å². The van der Waals surface area contributed by atoms with E-state index in [1.165, 1.54) is 6.07 Å². The molecule has 0 heterocycles. The van der Waals surface area contributed by atoms with Crippen molar-refractivity contribution in [2.24, 2.45) is 16.7 Å². The predicted molar refractivity (Wildman–Crippen MR) is 85.0 cm³/mol. The Labute approximate surface area is 128 Å². The van der Waals surface area contributed by atoms with Crippen LogP contribution in [0.5, 0.6) is 5.75 Å². The summed E-state index contributed by atoms with van der Waals surface area (Å²) < 4.78 is 19.2. The fourth-order valence-corrected chi connectivity index (χ4v) is 3.74. The van der Waals surface area contributed by atoms with Crippen LogP contribution in [0.2, 0.25) is 0 Å². The van der Waals surface area contributed by atoms with Crippen LogP contribution in [0.15, 0.2) is 18.2 Å². The van der Waals surface area contributed by atoms with Crippen LogP contribution in [0.1, 0.15) is 52.6 Å². The first-order valence-corrected chi connectivity index (χ1v) is 7.84. The highest BCUT2D eigenvalue weighted by molar-refractivity contribution is 5.39. The Hall–Kier alpha value is -1.09. The van der Waals surface area contributed by atoms with E-state index in [-0.39, 0.29) is 22.7 Å². The number of nitrogens with one attached hydrogen (secondary N) is 1. The van der Waals surface area contributed by atoms with Gasteiger partial charge in [0.1, 0.15) is 11.6 Å². The third-order valence-corrected chi connectivity index (χ3v) is 5.61. The molecule has 0 saturated heterocycles. The van der Waals surface area contributed by atoms with Gasteiger partial charge in [0.2, 0.25) is 0 Å². The molecule has 0 aromatic heterocycles. The van der Waals surface area contributed by atoms with E-state index in [1.54, 1.807) is 19.2 Å². The summed E-state index contributed by atoms with van der Waals surface area (Å²) in [5.74, 6) is 1.03. The molecule has 3 heteroatoms. The zero-order valence-electron chi connectivity index (χ0n) is 14.1. The number of methoxy groups -OCH3 is 1. The number of hydrogen-bond donors (Lipinski definition) is 1. The summed E-state index contributed by atoms with van der Waals surface area (Å²) in [5.41, 5.74) is 1.40. The molecule has 1 aromatic rings. The van der Waals surface area contributed by atoms with Crippen LogP contribution < -0.4 is 10.1 Å². The summed E-state index contributed by atoms with van der Waals surface area (Å²) in [6, 6.07) is 4.94. The normalized spacial score (nSPS) is 21.1. The Morgan fingerprint density at radius 2 is 1.86 bits per heavy atom. The van der Waals surface area contributed by atoms with Crippen molar-refractivity contribution >= 4 is 0 Å². The molecule has 0 spiro atoms. The van der Waals surface area contributed by atoms with E-state index >= 15 is 0 Å². The van der Waals surface area contributed by atoms with E-state index in [1.807, 2.05) is 0 Å². The lowest BCUT2D eigenvalue weighted by Gasteiger charge is -2.23. The Morgan fingerprint density at radius 1 is 1.24 bits per heavy atom. The number of hydrogen-bond acceptors (Lipinski definition) is 2. The van der Waals surface area contributed by atoms with E-state index in [0.29, 0.717) is 5.92 Å². The van der Waals surface area contributed by atoms with E-state index in [4.69, 9.17) is 4.74 Å². The maximum atomic E-state index is 13.8. The lowest BCUT2D eigenvalue weighted by atomic mass is 9.95. The van der Waals surface area contributed by atoms with Crippen molar-refractivity contribution in [3.05, 3.63) is 29.6 Å². The van der Waals surface area contributed by atoms with Gasteiger partial charge in [0.05, 0.1) is 7.11 Å². The molecule has 2 rings (SSSR count). The quantitative estimate of drug-likeness (QED) is 0.830. The summed E-state index contributed by atoms with van der Waals surface area (Å²) in [4.78, 5) is 0. The lowest BCUT2D eigenvalue weighted by Crippen LogP contribution is -2.26. The zero-order valence-corrected chi connectivity index (χ0v) is 14.1. The van der Waals surface area contributed by atoms with Gasteiger partial charge in [-0.25, -0.2) is 4.39 Å². The molecule has 1 saturated carbocycles. The average molecular weight is 293 g/mol. The third-order valence-electron chi connectivity index (χ3n) is 5.61. The first kappa shape index (κ1) is 16.3. The number of ether oxygens (including phenoxy) is 1. The van der Waals surface area contributed by atoms with Gasteiger partial charge in [-0.3, -0.25) is 0 Å². The molecule has 0 amide bonds. The van der Waals surface area contributed by atoms with Gasteiger partial charge in [-0.15, -0.1) is 0 Å². The van der Waals surface area contributed by atoms with Crippen LogP contribution in [0, 0.1) is 22.6 Å². The van der Waals surface area contributed by atoms with E-state index in [9.17, 15) is 4.39 Å². The van der Waals surface area contributed by atoms with Gasteiger partial charge < -0.3 is 10.1 Å². The summed E-state index contributed by atoms with van der Waals surface area (Å²) in [6.07, 6.45) is 1.06. The fourth-order valence-electron chi connectivity index (χ4n) is 3.74. The Bertz CT molecular complexity index is 496. The Kier molecular flexibility index (Phi) is 4.34. The molecule has 21 heavy (non-hydrogen) atoms. The van der Waals surface area contributed by atoms with Crippen LogP contribution in [0.25, 0.3) is 0 Å². The van der Waals surface area contributed by atoms with Gasteiger partial charge >= 0.3 is 0 Å². The summed E-state index contributed by atoms with van der Waals surface area (Å²) in [5, 5.41) is 3.61. The summed E-state index contributed by atoms with van der Waals surface area (Å²) >= 11 is 0. The molecule has 1 unspecified atom stereocenters. The topological polar surface area (TPSA) is 21.3 Å². The molecule has 2 nitrogen and oxygen atoms in total. The van der Waals surface area contributed by atoms with Gasteiger partial charge in [0, 0.05) is 11.6 Å². The second kappa shape index (κ2) is 5.60. The maximum absolute atomic E-state index is 13.8. The number of rotatable bonds is 6. The van der Waals surface area contributed by atoms with Gasteiger partial charge in [0.25, 0.3) is 0 Å². The molecule has 1 fully saturated rings. The minimum atomic E-state index is -0.203. The highest BCUT2D eigenvalue weighted by atomic mass is 19.1. The first-order valence-electron chi connectivity index (χ1n) is 7.84. The van der Waals surface area contributed by atoms with E-state index in [0.717, 1.165) is 24.3 Å². The maximum Gasteiger partial charge on any atom is 0.123 e. The molecule has 118 valence electrons. The van der Waals surface area contributed by atoms with Gasteiger partial charge in [0.15, 0.2) is 0 Å². The van der Waals surface area contributed by atoms with Crippen LogP contribution >= 0.6 is 0 Å². The monoisotopic (exact) mass is 293 g/mol. The molecule has 1 aliphatic carbocycles. The van der Waals surface area contributed by atoms with Crippen LogP contribution in [-0.2, 0) is 0 Å². The van der Waals surface area contributed by atoms with E-state index < -0.39 is 0 Å². The van der Waals surface area contributed by atoms with Crippen molar-refractivity contribution in [1.29, 1.82) is 0 Å². The van der Waals surface area contributed by atoms with Crippen LogP contribution in [-0.4, -0.2) is 13.7 Å². The molecular weight excluding hydrogens is 265 g/mol. The number of halogens is 1. The molecule has 1 aromatic carbocycles. The third kappa shape index (κ3) is 2.68. The molecule has 1 aliphatic rings. The van der Waals surface area contributed by atoms with Gasteiger partial charge in [-0.2, -0.15) is 0 Å². The Balaban J connectivity index is 2.40. The predicted octanol–water partition coefficient (Wildman–Crippen LogP) is 4.56. The smallest absolute Gasteiger partial charge is 0.123 e. The second-order valence-corrected chi connectivity index (χ2v) is 7.24. The first-order chi connectivity index (χ1) is 9.77. The van der Waals surface area contributed by atoms with Crippen molar-refractivity contribution < 1.29 is 9.13 Å². The minimum absolute atomic E-state index is 0.126. The largest absolute Gasteiger partial charge is 0.496 e. The SMILES string of the molecule is CCCNC(c1cc(F)ccc1OC)C1C(C)(C)C1(C)C. The molecule has 1 N–H and O–H groups in total. The van der Waals surface area contributed by atoms with Gasteiger partial charge in [-0.05, 0) is 47.9 Å². The standard InChI is InChI=1S/C18H28FNO/c1-7-10-20-15(16-17(2,3)18(16,4)5)13-11-12(19)8-9-14(13)21-6/h8-9,11,15-16,20H,7,10H2,1-6H3. The molecule has 0 bridgehead atoms. The Morgan fingerprint density at radius 3 is 2.33 bits per heavy atom. The number of benzene rings is 1. The molecule has 0 aliphatic heterocycles. The molecule has 0 radical (unpaired) electrons. The van der Waals surface area contributed by atoms with Crippen LogP contribution in [0.3, 0.4) is 0 Å². The van der Waals surface area contributed by atoms with E-state index in [2.05, 4.69) is 39.9 Å². The highest BCUT2D eigenvalue weighted by Crippen LogP contribution is 2.72. The fraction of sp³-hybridized carbons (Fsp3) is 0.667. The lowest BCUT2D eigenvalue weighted by molar-refractivity contribution is 0.368. The van der Waals surface area contributed by atoms with Crippen molar-refractivity contribution in [2.45, 2.75) is 47.1 Å². The zero-order chi connectivity index (χ0) is 15.8. The molecular formula is C18H28FNO. The summed E-state index contributed by atoms with van der Waals surface area (Å²) in [7, 11) is 1.65. The summed E-state index contributed by atoms with van der Waals surface area (Å²) in [6.45, 7) is 12.3. The van der Waals surface area contributed by atoms with Crippen LogP contribution in [0.4, 0.5) is 4.39 Å².